The molecular weight excluding hydrogens is 514 g/mol. The number of amides is 1. The van der Waals surface area contributed by atoms with Gasteiger partial charge in [0, 0.05) is 23.2 Å². The largest absolute Gasteiger partial charge is 0.507 e. The third-order valence-electron chi connectivity index (χ3n) is 6.34. The number of nitrogens with zero attached hydrogens (tertiary/aromatic N) is 1. The Balaban J connectivity index is 1.78. The Bertz CT molecular complexity index is 1110. The van der Waals surface area contributed by atoms with Crippen molar-refractivity contribution in [2.75, 3.05) is 26.9 Å². The van der Waals surface area contributed by atoms with Crippen LogP contribution in [0.2, 0.25) is 0 Å². The normalized spacial score (nSPS) is 21.5. The van der Waals surface area contributed by atoms with Gasteiger partial charge in [-0.2, -0.15) is 0 Å². The number of unbranched alkanes of at least 4 members (excludes halogenated alkanes) is 1. The minimum absolute atomic E-state index is 0.0528. The molecule has 1 amide bonds. The van der Waals surface area contributed by atoms with E-state index in [-0.39, 0.29) is 24.0 Å². The van der Waals surface area contributed by atoms with E-state index in [2.05, 4.69) is 22.9 Å². The molecule has 2 fully saturated rings. The Hall–Kier alpha value is -2.84. The molecule has 35 heavy (non-hydrogen) atoms. The molecule has 0 aromatic heterocycles. The van der Waals surface area contributed by atoms with Crippen LogP contribution >= 0.6 is 15.9 Å². The molecule has 0 spiro atoms. The van der Waals surface area contributed by atoms with Crippen LogP contribution in [0.25, 0.3) is 5.76 Å². The van der Waals surface area contributed by atoms with E-state index in [4.69, 9.17) is 14.2 Å². The maximum absolute atomic E-state index is 13.2. The van der Waals surface area contributed by atoms with Crippen molar-refractivity contribution in [3.05, 3.63) is 63.6 Å². The molecule has 2 saturated heterocycles. The minimum atomic E-state index is -0.776. The number of aliphatic hydroxyl groups is 1. The third-order valence-corrected chi connectivity index (χ3v) is 6.87. The van der Waals surface area contributed by atoms with Crippen LogP contribution in [0.15, 0.2) is 52.5 Å². The molecule has 0 saturated carbocycles. The van der Waals surface area contributed by atoms with E-state index < -0.39 is 17.7 Å². The highest BCUT2D eigenvalue weighted by molar-refractivity contribution is 9.10. The molecule has 2 aromatic carbocycles. The Morgan fingerprint density at radius 2 is 1.94 bits per heavy atom. The molecule has 7 nitrogen and oxygen atoms in total. The fourth-order valence-electron chi connectivity index (χ4n) is 4.49. The lowest BCUT2D eigenvalue weighted by Gasteiger charge is -2.28. The number of ether oxygens (including phenoxy) is 3. The van der Waals surface area contributed by atoms with Crippen molar-refractivity contribution in [2.45, 2.75) is 44.8 Å². The summed E-state index contributed by atoms with van der Waals surface area (Å²) in [5.41, 5.74) is 1.16. The maximum Gasteiger partial charge on any atom is 0.295 e. The van der Waals surface area contributed by atoms with Gasteiger partial charge in [0.2, 0.25) is 0 Å². The number of rotatable bonds is 9. The summed E-state index contributed by atoms with van der Waals surface area (Å²) < 4.78 is 18.0. The second-order valence-corrected chi connectivity index (χ2v) is 9.62. The Kier molecular flexibility index (Phi) is 8.13. The molecule has 2 heterocycles. The van der Waals surface area contributed by atoms with Crippen LogP contribution in [0.5, 0.6) is 11.5 Å². The summed E-state index contributed by atoms with van der Waals surface area (Å²) in [5, 5.41) is 11.2. The highest BCUT2D eigenvalue weighted by Gasteiger charge is 2.47. The lowest BCUT2D eigenvalue weighted by Crippen LogP contribution is -2.36. The SMILES string of the molecule is CCCCOc1ccc(C2C(=C(O)c3ccc(Br)cc3)C(=O)C(=O)N2CC2CCCO2)cc1OC. The van der Waals surface area contributed by atoms with Crippen LogP contribution in [-0.4, -0.2) is 54.7 Å². The lowest BCUT2D eigenvalue weighted by atomic mass is 9.95. The molecule has 2 aromatic rings. The number of hydrogen-bond acceptors (Lipinski definition) is 6. The summed E-state index contributed by atoms with van der Waals surface area (Å²) in [6.45, 7) is 3.55. The van der Waals surface area contributed by atoms with Crippen LogP contribution in [-0.2, 0) is 14.3 Å². The Labute approximate surface area is 213 Å². The predicted octanol–water partition coefficient (Wildman–Crippen LogP) is 5.24. The van der Waals surface area contributed by atoms with Crippen LogP contribution in [0.3, 0.4) is 0 Å². The minimum Gasteiger partial charge on any atom is -0.507 e. The molecule has 186 valence electrons. The van der Waals surface area contributed by atoms with Gasteiger partial charge in [-0.3, -0.25) is 9.59 Å². The second-order valence-electron chi connectivity index (χ2n) is 8.71. The summed E-state index contributed by atoms with van der Waals surface area (Å²) in [6, 6.07) is 11.6. The van der Waals surface area contributed by atoms with E-state index in [1.54, 1.807) is 43.5 Å². The number of carbonyl (C=O) groups excluding carboxylic acids is 2. The van der Waals surface area contributed by atoms with E-state index in [9.17, 15) is 14.7 Å². The zero-order valence-corrected chi connectivity index (χ0v) is 21.5. The number of Topliss-reactive ketones (excluding diaryl/α,β-unsaturated/α-hetero) is 1. The van der Waals surface area contributed by atoms with Gasteiger partial charge < -0.3 is 24.2 Å². The number of aliphatic hydroxyl groups excluding tert-OH is 1. The van der Waals surface area contributed by atoms with Crippen LogP contribution in [0.1, 0.15) is 49.8 Å². The van der Waals surface area contributed by atoms with E-state index in [0.29, 0.717) is 35.8 Å². The third kappa shape index (κ3) is 5.38. The molecule has 2 atom stereocenters. The number of carbonyl (C=O) groups is 2. The van der Waals surface area contributed by atoms with Gasteiger partial charge in [0.15, 0.2) is 11.5 Å². The standard InChI is InChI=1S/C27H30BrNO6/c1-3-4-13-35-21-12-9-18(15-22(21)33-2)24-23(25(30)17-7-10-19(28)11-8-17)26(31)27(32)29(24)16-20-6-5-14-34-20/h7-12,15,20,24,30H,3-6,13-14,16H2,1-2H3. The van der Waals surface area contributed by atoms with Crippen LogP contribution in [0, 0.1) is 0 Å². The summed E-state index contributed by atoms with van der Waals surface area (Å²) in [7, 11) is 1.55. The lowest BCUT2D eigenvalue weighted by molar-refractivity contribution is -0.140. The molecule has 2 aliphatic heterocycles. The number of benzene rings is 2. The Morgan fingerprint density at radius 3 is 2.60 bits per heavy atom. The zero-order valence-electron chi connectivity index (χ0n) is 20.0. The van der Waals surface area contributed by atoms with E-state index in [1.165, 1.54) is 4.90 Å². The van der Waals surface area contributed by atoms with Gasteiger partial charge in [-0.05, 0) is 49.1 Å². The van der Waals surface area contributed by atoms with Crippen molar-refractivity contribution in [3.63, 3.8) is 0 Å². The van der Waals surface area contributed by atoms with Gasteiger partial charge in [0.05, 0.1) is 31.4 Å². The number of halogens is 1. The first-order valence-electron chi connectivity index (χ1n) is 11.9. The molecule has 2 aliphatic rings. The quantitative estimate of drug-likeness (QED) is 0.201. The smallest absolute Gasteiger partial charge is 0.295 e. The van der Waals surface area contributed by atoms with Crippen molar-refractivity contribution in [1.29, 1.82) is 0 Å². The van der Waals surface area contributed by atoms with Crippen LogP contribution in [0.4, 0.5) is 0 Å². The molecule has 0 radical (unpaired) electrons. The Morgan fingerprint density at radius 1 is 1.17 bits per heavy atom. The first-order chi connectivity index (χ1) is 16.9. The van der Waals surface area contributed by atoms with Gasteiger partial charge >= 0.3 is 0 Å². The first-order valence-corrected chi connectivity index (χ1v) is 12.7. The highest BCUT2D eigenvalue weighted by Crippen LogP contribution is 2.42. The monoisotopic (exact) mass is 543 g/mol. The first kappa shape index (κ1) is 25.3. The average Bonchev–Trinajstić information content (AvgIpc) is 3.47. The average molecular weight is 544 g/mol. The number of hydrogen-bond donors (Lipinski definition) is 1. The summed E-state index contributed by atoms with van der Waals surface area (Å²) in [6.07, 6.45) is 3.50. The van der Waals surface area contributed by atoms with Crippen LogP contribution < -0.4 is 9.47 Å². The van der Waals surface area contributed by atoms with Gasteiger partial charge in [0.25, 0.3) is 11.7 Å². The number of ketones is 1. The molecule has 4 rings (SSSR count). The fraction of sp³-hybridized carbons (Fsp3) is 0.407. The van der Waals surface area contributed by atoms with E-state index in [1.807, 2.05) is 6.07 Å². The maximum atomic E-state index is 13.2. The van der Waals surface area contributed by atoms with Gasteiger partial charge in [-0.25, -0.2) is 0 Å². The van der Waals surface area contributed by atoms with Crippen molar-refractivity contribution < 1.29 is 28.9 Å². The fourth-order valence-corrected chi connectivity index (χ4v) is 4.75. The van der Waals surface area contributed by atoms with Gasteiger partial charge in [0.1, 0.15) is 5.76 Å². The summed E-state index contributed by atoms with van der Waals surface area (Å²) in [4.78, 5) is 27.9. The molecule has 2 unspecified atom stereocenters. The molecule has 8 heteroatoms. The van der Waals surface area contributed by atoms with E-state index >= 15 is 0 Å². The van der Waals surface area contributed by atoms with Crippen molar-refractivity contribution >= 4 is 33.4 Å². The summed E-state index contributed by atoms with van der Waals surface area (Å²) in [5.74, 6) is -0.473. The van der Waals surface area contributed by atoms with Crippen molar-refractivity contribution in [2.24, 2.45) is 0 Å². The predicted molar refractivity (Wildman–Crippen MR) is 136 cm³/mol. The zero-order chi connectivity index (χ0) is 24.9. The molecule has 0 aliphatic carbocycles. The van der Waals surface area contributed by atoms with Crippen molar-refractivity contribution in [1.82, 2.24) is 4.90 Å². The molecule has 0 bridgehead atoms. The number of likely N-dealkylation sites (tertiary alicyclic amines) is 1. The van der Waals surface area contributed by atoms with Crippen molar-refractivity contribution in [3.8, 4) is 11.5 Å². The van der Waals surface area contributed by atoms with E-state index in [0.717, 1.165) is 30.2 Å². The molecular formula is C27H30BrNO6. The topological polar surface area (TPSA) is 85.3 Å². The van der Waals surface area contributed by atoms with Gasteiger partial charge in [-0.15, -0.1) is 0 Å². The highest BCUT2D eigenvalue weighted by atomic mass is 79.9. The molecule has 1 N–H and O–H groups in total. The number of methoxy groups -OCH3 is 1. The van der Waals surface area contributed by atoms with Gasteiger partial charge in [-0.1, -0.05) is 47.5 Å². The second kappa shape index (κ2) is 11.3. The summed E-state index contributed by atoms with van der Waals surface area (Å²) >= 11 is 3.38.